The molecule has 2 aromatic rings. The van der Waals surface area contributed by atoms with E-state index in [9.17, 15) is 4.79 Å². The second-order valence-electron chi connectivity index (χ2n) is 4.30. The van der Waals surface area contributed by atoms with Gasteiger partial charge in [-0.3, -0.25) is 4.79 Å². The molecule has 1 atom stereocenters. The molecule has 112 valence electrons. The first-order valence-electron chi connectivity index (χ1n) is 6.13. The number of nitrogens with zero attached hydrogens (tertiary/aromatic N) is 3. The molecule has 1 heterocycles. The molecule has 1 aromatic carbocycles. The van der Waals surface area contributed by atoms with Crippen LogP contribution in [0.15, 0.2) is 29.4 Å². The fraction of sp³-hybridized carbons (Fsp3) is 0.308. The van der Waals surface area contributed by atoms with E-state index in [-0.39, 0.29) is 11.9 Å². The molecular weight excluding hydrogens is 314 g/mol. The normalized spacial score (nSPS) is 12.1. The van der Waals surface area contributed by atoms with E-state index in [1.807, 2.05) is 6.92 Å². The molecule has 0 aliphatic rings. The van der Waals surface area contributed by atoms with Crippen molar-refractivity contribution in [2.45, 2.75) is 18.2 Å². The van der Waals surface area contributed by atoms with Gasteiger partial charge in [0.05, 0.1) is 5.75 Å². The maximum absolute atomic E-state index is 10.6. The number of ether oxygens (including phenoxy) is 1. The van der Waals surface area contributed by atoms with E-state index in [1.165, 1.54) is 0 Å². The summed E-state index contributed by atoms with van der Waals surface area (Å²) in [6.45, 7) is 1.84. The first kappa shape index (κ1) is 15.7. The number of carboxylic acids is 1. The lowest BCUT2D eigenvalue weighted by atomic mass is 10.3. The predicted octanol–water partition coefficient (Wildman–Crippen LogP) is 2.79. The highest BCUT2D eigenvalue weighted by atomic mass is 35.5. The highest BCUT2D eigenvalue weighted by Gasteiger charge is 2.17. The Labute approximate surface area is 131 Å². The summed E-state index contributed by atoms with van der Waals surface area (Å²) in [5.74, 6) is 0.295. The molecule has 6 nitrogen and oxygen atoms in total. The quantitative estimate of drug-likeness (QED) is 0.822. The zero-order valence-electron chi connectivity index (χ0n) is 11.5. The van der Waals surface area contributed by atoms with E-state index in [0.29, 0.717) is 21.8 Å². The van der Waals surface area contributed by atoms with Crippen LogP contribution in [0.1, 0.15) is 18.9 Å². The summed E-state index contributed by atoms with van der Waals surface area (Å²) in [6.07, 6.45) is -0.333. The van der Waals surface area contributed by atoms with Gasteiger partial charge in [-0.15, -0.1) is 10.2 Å². The van der Waals surface area contributed by atoms with Gasteiger partial charge in [0.25, 0.3) is 0 Å². The van der Waals surface area contributed by atoms with Crippen molar-refractivity contribution in [2.24, 2.45) is 7.05 Å². The van der Waals surface area contributed by atoms with Crippen molar-refractivity contribution in [3.63, 3.8) is 0 Å². The van der Waals surface area contributed by atoms with Crippen LogP contribution in [-0.4, -0.2) is 31.6 Å². The average Bonchev–Trinajstić information content (AvgIpc) is 2.77. The maximum Gasteiger partial charge on any atom is 0.313 e. The number of hydrogen-bond acceptors (Lipinski definition) is 5. The summed E-state index contributed by atoms with van der Waals surface area (Å²) >= 11 is 7.02. The molecule has 0 amide bonds. The molecule has 21 heavy (non-hydrogen) atoms. The number of thioether (sulfide) groups is 1. The van der Waals surface area contributed by atoms with Gasteiger partial charge in [-0.2, -0.15) is 0 Å². The third kappa shape index (κ3) is 4.12. The molecule has 0 saturated carbocycles. The van der Waals surface area contributed by atoms with Crippen LogP contribution in [0, 0.1) is 0 Å². The standard InChI is InChI=1S/C13H14ClN3O3S/c1-8(20-10-5-3-4-9(14)6-10)12-15-16-13(17(12)2)21-7-11(18)19/h3-6,8H,7H2,1-2H3,(H,18,19). The van der Waals surface area contributed by atoms with Crippen LogP contribution < -0.4 is 4.74 Å². The summed E-state index contributed by atoms with van der Waals surface area (Å²) in [7, 11) is 1.78. The highest BCUT2D eigenvalue weighted by Crippen LogP contribution is 2.25. The largest absolute Gasteiger partial charge is 0.483 e. The SMILES string of the molecule is CC(Oc1cccc(Cl)c1)c1nnc(SCC(=O)O)n1C. The molecule has 0 fully saturated rings. The van der Waals surface area contributed by atoms with Gasteiger partial charge in [0.2, 0.25) is 0 Å². The topological polar surface area (TPSA) is 77.2 Å². The van der Waals surface area contributed by atoms with E-state index < -0.39 is 5.97 Å². The van der Waals surface area contributed by atoms with Gasteiger partial charge in [0, 0.05) is 12.1 Å². The average molecular weight is 328 g/mol. The van der Waals surface area contributed by atoms with Crippen LogP contribution in [0.5, 0.6) is 5.75 Å². The molecule has 0 bridgehead atoms. The number of halogens is 1. The smallest absolute Gasteiger partial charge is 0.313 e. The molecule has 0 aliphatic carbocycles. The van der Waals surface area contributed by atoms with Gasteiger partial charge < -0.3 is 14.4 Å². The van der Waals surface area contributed by atoms with E-state index >= 15 is 0 Å². The number of carboxylic acid groups (broad SMARTS) is 1. The number of carbonyl (C=O) groups is 1. The third-order valence-corrected chi connectivity index (χ3v) is 3.91. The Balaban J connectivity index is 2.09. The van der Waals surface area contributed by atoms with Gasteiger partial charge in [-0.1, -0.05) is 29.4 Å². The number of benzene rings is 1. The Hall–Kier alpha value is -1.73. The fourth-order valence-corrected chi connectivity index (χ4v) is 2.55. The second-order valence-corrected chi connectivity index (χ2v) is 5.68. The van der Waals surface area contributed by atoms with Crippen molar-refractivity contribution in [1.29, 1.82) is 0 Å². The van der Waals surface area contributed by atoms with Crippen molar-refractivity contribution >= 4 is 29.3 Å². The minimum Gasteiger partial charge on any atom is -0.483 e. The molecule has 8 heteroatoms. The van der Waals surface area contributed by atoms with Crippen molar-refractivity contribution in [1.82, 2.24) is 14.8 Å². The van der Waals surface area contributed by atoms with Crippen molar-refractivity contribution in [3.8, 4) is 5.75 Å². The van der Waals surface area contributed by atoms with Gasteiger partial charge in [-0.25, -0.2) is 0 Å². The van der Waals surface area contributed by atoms with Crippen molar-refractivity contribution in [2.75, 3.05) is 5.75 Å². The van der Waals surface area contributed by atoms with Gasteiger partial charge >= 0.3 is 5.97 Å². The highest BCUT2D eigenvalue weighted by molar-refractivity contribution is 7.99. The molecule has 1 aromatic heterocycles. The third-order valence-electron chi connectivity index (χ3n) is 2.67. The summed E-state index contributed by atoms with van der Waals surface area (Å²) < 4.78 is 7.49. The number of rotatable bonds is 6. The minimum absolute atomic E-state index is 0.0600. The molecule has 0 saturated heterocycles. The summed E-state index contributed by atoms with van der Waals surface area (Å²) in [5, 5.41) is 17.8. The lowest BCUT2D eigenvalue weighted by molar-refractivity contribution is -0.133. The Kier molecular flexibility index (Phi) is 5.08. The lowest BCUT2D eigenvalue weighted by Crippen LogP contribution is -2.10. The maximum atomic E-state index is 10.6. The Bertz CT molecular complexity index is 647. The van der Waals surface area contributed by atoms with Crippen LogP contribution in [0.4, 0.5) is 0 Å². The second kappa shape index (κ2) is 6.82. The molecule has 0 spiro atoms. The summed E-state index contributed by atoms with van der Waals surface area (Å²) in [5.41, 5.74) is 0. The van der Waals surface area contributed by atoms with Crippen LogP contribution >= 0.6 is 23.4 Å². The zero-order valence-corrected chi connectivity index (χ0v) is 13.1. The van der Waals surface area contributed by atoms with E-state index in [2.05, 4.69) is 10.2 Å². The summed E-state index contributed by atoms with van der Waals surface area (Å²) in [4.78, 5) is 10.6. The Morgan fingerprint density at radius 2 is 2.29 bits per heavy atom. The van der Waals surface area contributed by atoms with Crippen LogP contribution in [0.3, 0.4) is 0 Å². The number of aromatic nitrogens is 3. The summed E-state index contributed by atoms with van der Waals surface area (Å²) in [6, 6.07) is 7.09. The zero-order chi connectivity index (χ0) is 15.4. The molecule has 1 unspecified atom stereocenters. The first-order chi connectivity index (χ1) is 9.97. The minimum atomic E-state index is -0.896. The van der Waals surface area contributed by atoms with Crippen molar-refractivity contribution < 1.29 is 14.6 Å². The molecule has 0 radical (unpaired) electrons. The van der Waals surface area contributed by atoms with Crippen LogP contribution in [0.2, 0.25) is 5.02 Å². The van der Waals surface area contributed by atoms with Crippen molar-refractivity contribution in [3.05, 3.63) is 35.1 Å². The van der Waals surface area contributed by atoms with E-state index in [0.717, 1.165) is 11.8 Å². The Morgan fingerprint density at radius 1 is 1.52 bits per heavy atom. The fourth-order valence-electron chi connectivity index (χ4n) is 1.73. The van der Waals surface area contributed by atoms with Crippen LogP contribution in [0.25, 0.3) is 0 Å². The number of hydrogen-bond donors (Lipinski definition) is 1. The van der Waals surface area contributed by atoms with E-state index in [4.69, 9.17) is 21.4 Å². The molecule has 0 aliphatic heterocycles. The van der Waals surface area contributed by atoms with Crippen LogP contribution in [-0.2, 0) is 11.8 Å². The molecular formula is C13H14ClN3O3S. The first-order valence-corrected chi connectivity index (χ1v) is 7.50. The Morgan fingerprint density at radius 3 is 2.95 bits per heavy atom. The molecule has 1 N–H and O–H groups in total. The van der Waals surface area contributed by atoms with Gasteiger partial charge in [0.15, 0.2) is 17.1 Å². The molecule has 2 rings (SSSR count). The predicted molar refractivity (Wildman–Crippen MR) is 79.9 cm³/mol. The van der Waals surface area contributed by atoms with Gasteiger partial charge in [0.1, 0.15) is 5.75 Å². The number of aliphatic carboxylic acids is 1. The van der Waals surface area contributed by atoms with Gasteiger partial charge in [-0.05, 0) is 25.1 Å². The monoisotopic (exact) mass is 327 g/mol. The van der Waals surface area contributed by atoms with E-state index in [1.54, 1.807) is 35.9 Å². The lowest BCUT2D eigenvalue weighted by Gasteiger charge is -2.14.